The van der Waals surface area contributed by atoms with E-state index in [1.54, 1.807) is 11.8 Å². The normalized spacial score (nSPS) is 9.80. The Morgan fingerprint density at radius 1 is 1.30 bits per heavy atom. The van der Waals surface area contributed by atoms with E-state index in [0.29, 0.717) is 0 Å². The Labute approximate surface area is 65.8 Å². The topological polar surface area (TPSA) is 16.6 Å². The summed E-state index contributed by atoms with van der Waals surface area (Å²) in [5, 5.41) is 1.85. The first-order valence-electron chi connectivity index (χ1n) is 3.13. The first-order chi connectivity index (χ1) is 4.86. The molecule has 0 atom stereocenters. The average Bonchev–Trinajstić information content (AvgIpc) is 2.05. The average molecular weight is 153 g/mol. The van der Waals surface area contributed by atoms with Crippen LogP contribution in [0.1, 0.15) is 0 Å². The highest BCUT2D eigenvalue weighted by molar-refractivity contribution is 7.98. The molecule has 0 aliphatic heterocycles. The summed E-state index contributed by atoms with van der Waals surface area (Å²) in [5.74, 6) is 0. The summed E-state index contributed by atoms with van der Waals surface area (Å²) in [7, 11) is 3.68. The molecule has 0 unspecified atom stereocenters. The fraction of sp³-hybridized carbons (Fsp3) is 0.125. The van der Waals surface area contributed by atoms with Crippen LogP contribution in [0.4, 0.5) is 5.69 Å². The van der Waals surface area contributed by atoms with Crippen LogP contribution in [-0.4, -0.2) is 6.26 Å². The van der Waals surface area contributed by atoms with E-state index in [2.05, 4.69) is 37.6 Å². The lowest BCUT2D eigenvalue weighted by molar-refractivity contribution is -0.504. The molecular formula is C8H11NS. The first kappa shape index (κ1) is 7.63. The zero-order chi connectivity index (χ0) is 7.40. The quantitative estimate of drug-likeness (QED) is 0.386. The van der Waals surface area contributed by atoms with Gasteiger partial charge in [-0.2, -0.15) is 0 Å². The summed E-state index contributed by atoms with van der Waals surface area (Å²) in [5.41, 5.74) is 1.18. The largest absolute Gasteiger partial charge is 0.446 e. The van der Waals surface area contributed by atoms with Crippen LogP contribution in [0.25, 0.3) is 0 Å². The zero-order valence-corrected chi connectivity index (χ0v) is 6.82. The van der Waals surface area contributed by atoms with E-state index in [9.17, 15) is 0 Å². The predicted octanol–water partition coefficient (Wildman–Crippen LogP) is 1.39. The standard InChI is InChI=1S/C8H11NS/c1-9-7-3-5-8(10-2)6-4-7/h3-6H,1,9H2,2H3. The first-order valence-corrected chi connectivity index (χ1v) is 4.36. The van der Waals surface area contributed by atoms with Crippen molar-refractivity contribution in [1.29, 1.82) is 0 Å². The fourth-order valence-electron chi connectivity index (χ4n) is 0.740. The van der Waals surface area contributed by atoms with Gasteiger partial charge < -0.3 is 5.32 Å². The molecule has 0 saturated heterocycles. The molecule has 1 nitrogen and oxygen atoms in total. The van der Waals surface area contributed by atoms with Gasteiger partial charge in [0.1, 0.15) is 5.69 Å². The second-order valence-electron chi connectivity index (χ2n) is 1.98. The predicted molar refractivity (Wildman–Crippen MR) is 45.2 cm³/mol. The molecule has 0 spiro atoms. The van der Waals surface area contributed by atoms with E-state index in [0.717, 1.165) is 0 Å². The van der Waals surface area contributed by atoms with Crippen molar-refractivity contribution in [3.05, 3.63) is 31.3 Å². The summed E-state index contributed by atoms with van der Waals surface area (Å²) < 4.78 is 0. The molecule has 0 saturated carbocycles. The van der Waals surface area contributed by atoms with Crippen LogP contribution in [0, 0.1) is 7.05 Å². The van der Waals surface area contributed by atoms with Gasteiger partial charge in [-0.3, -0.25) is 0 Å². The SMILES string of the molecule is [CH2-][NH2+]c1ccc(SC)cc1. The highest BCUT2D eigenvalue weighted by atomic mass is 32.2. The monoisotopic (exact) mass is 153 g/mol. The highest BCUT2D eigenvalue weighted by Crippen LogP contribution is 2.14. The second-order valence-corrected chi connectivity index (χ2v) is 2.86. The molecule has 1 aromatic carbocycles. The number of hydrogen-bond acceptors (Lipinski definition) is 1. The molecule has 54 valence electrons. The van der Waals surface area contributed by atoms with Crippen LogP contribution in [0.3, 0.4) is 0 Å². The number of nitrogens with two attached hydrogens (primary N) is 1. The van der Waals surface area contributed by atoms with Crippen molar-refractivity contribution >= 4 is 17.4 Å². The lowest BCUT2D eigenvalue weighted by atomic mass is 10.3. The van der Waals surface area contributed by atoms with E-state index < -0.39 is 0 Å². The molecule has 1 rings (SSSR count). The van der Waals surface area contributed by atoms with Crippen LogP contribution >= 0.6 is 11.8 Å². The van der Waals surface area contributed by atoms with Gasteiger partial charge in [0.15, 0.2) is 0 Å². The van der Waals surface area contributed by atoms with E-state index in [1.165, 1.54) is 10.6 Å². The van der Waals surface area contributed by atoms with Gasteiger partial charge in [-0.1, -0.05) is 0 Å². The Balaban J connectivity index is 2.80. The van der Waals surface area contributed by atoms with Crippen LogP contribution < -0.4 is 5.32 Å². The van der Waals surface area contributed by atoms with E-state index in [4.69, 9.17) is 0 Å². The molecular weight excluding hydrogens is 142 g/mol. The molecule has 0 fully saturated rings. The van der Waals surface area contributed by atoms with Gasteiger partial charge in [0, 0.05) is 4.90 Å². The second kappa shape index (κ2) is 3.64. The van der Waals surface area contributed by atoms with Gasteiger partial charge in [-0.05, 0) is 30.5 Å². The van der Waals surface area contributed by atoms with Crippen molar-refractivity contribution in [3.63, 3.8) is 0 Å². The molecule has 0 aromatic heterocycles. The van der Waals surface area contributed by atoms with Gasteiger partial charge in [-0.15, -0.1) is 18.8 Å². The summed E-state index contributed by atoms with van der Waals surface area (Å²) >= 11 is 1.75. The van der Waals surface area contributed by atoms with E-state index >= 15 is 0 Å². The van der Waals surface area contributed by atoms with E-state index in [1.807, 2.05) is 5.32 Å². The van der Waals surface area contributed by atoms with Crippen LogP contribution in [0.15, 0.2) is 29.2 Å². The van der Waals surface area contributed by atoms with E-state index in [-0.39, 0.29) is 0 Å². The van der Waals surface area contributed by atoms with Gasteiger partial charge in [0.05, 0.1) is 0 Å². The van der Waals surface area contributed by atoms with Crippen molar-refractivity contribution in [3.8, 4) is 0 Å². The molecule has 0 heterocycles. The maximum Gasteiger partial charge on any atom is 0.103 e. The summed E-state index contributed by atoms with van der Waals surface area (Å²) in [4.78, 5) is 1.30. The van der Waals surface area contributed by atoms with Gasteiger partial charge in [0.25, 0.3) is 0 Å². The maximum absolute atomic E-state index is 3.68. The number of benzene rings is 1. The third-order valence-electron chi connectivity index (χ3n) is 1.35. The third kappa shape index (κ3) is 1.75. The molecule has 10 heavy (non-hydrogen) atoms. The third-order valence-corrected chi connectivity index (χ3v) is 2.10. The molecule has 1 aromatic rings. The van der Waals surface area contributed by atoms with Gasteiger partial charge in [0.2, 0.25) is 0 Å². The fourth-order valence-corrected chi connectivity index (χ4v) is 1.15. The smallest absolute Gasteiger partial charge is 0.103 e. The molecule has 0 amide bonds. The Morgan fingerprint density at radius 3 is 2.30 bits per heavy atom. The Bertz CT molecular complexity index is 170. The van der Waals surface area contributed by atoms with Crippen LogP contribution in [0.5, 0.6) is 0 Å². The van der Waals surface area contributed by atoms with Gasteiger partial charge >= 0.3 is 0 Å². The number of hydrogen-bond donors (Lipinski definition) is 1. The number of rotatable bonds is 2. The zero-order valence-electron chi connectivity index (χ0n) is 6.00. The lowest BCUT2D eigenvalue weighted by Gasteiger charge is -1.99. The lowest BCUT2D eigenvalue weighted by Crippen LogP contribution is -2.69. The molecule has 0 aliphatic carbocycles. The molecule has 2 heteroatoms. The Hall–Kier alpha value is -0.470. The highest BCUT2D eigenvalue weighted by Gasteiger charge is 1.89. The van der Waals surface area contributed by atoms with Crippen LogP contribution in [-0.2, 0) is 0 Å². The van der Waals surface area contributed by atoms with Crippen molar-refractivity contribution in [2.45, 2.75) is 4.90 Å². The van der Waals surface area contributed by atoms with Crippen molar-refractivity contribution in [2.24, 2.45) is 0 Å². The minimum Gasteiger partial charge on any atom is -0.446 e. The summed E-state index contributed by atoms with van der Waals surface area (Å²) in [6.07, 6.45) is 2.07. The minimum absolute atomic E-state index is 1.18. The molecule has 2 N–H and O–H groups in total. The molecule has 0 bridgehead atoms. The summed E-state index contributed by atoms with van der Waals surface area (Å²) in [6, 6.07) is 8.33. The Kier molecular flexibility index (Phi) is 2.78. The number of thioether (sulfide) groups is 1. The number of quaternary nitrogens is 1. The minimum atomic E-state index is 1.18. The molecule has 0 radical (unpaired) electrons. The van der Waals surface area contributed by atoms with Crippen molar-refractivity contribution < 1.29 is 5.32 Å². The van der Waals surface area contributed by atoms with Crippen molar-refractivity contribution in [1.82, 2.24) is 0 Å². The Morgan fingerprint density at radius 2 is 1.90 bits per heavy atom. The molecule has 0 aliphatic rings. The summed E-state index contributed by atoms with van der Waals surface area (Å²) in [6.45, 7) is 0. The van der Waals surface area contributed by atoms with Crippen molar-refractivity contribution in [2.75, 3.05) is 6.26 Å². The van der Waals surface area contributed by atoms with Gasteiger partial charge in [-0.25, -0.2) is 0 Å². The van der Waals surface area contributed by atoms with Crippen LogP contribution in [0.2, 0.25) is 0 Å². The maximum atomic E-state index is 3.68.